The molecule has 1 aromatic heterocycles. The summed E-state index contributed by atoms with van der Waals surface area (Å²) in [7, 11) is 5.72. The lowest BCUT2D eigenvalue weighted by Crippen LogP contribution is -2.38. The lowest BCUT2D eigenvalue weighted by Gasteiger charge is -2.33. The number of aryl methyl sites for hydroxylation is 2. The Bertz CT molecular complexity index is 428. The maximum atomic E-state index is 6.04. The van der Waals surface area contributed by atoms with E-state index in [0.29, 0.717) is 18.5 Å². The summed E-state index contributed by atoms with van der Waals surface area (Å²) in [5.74, 6) is 1.48. The second kappa shape index (κ2) is 7.09. The zero-order chi connectivity index (χ0) is 15.4. The van der Waals surface area contributed by atoms with Gasteiger partial charge in [-0.2, -0.15) is 5.10 Å². The Balaban J connectivity index is 3.07. The Morgan fingerprint density at radius 3 is 2.40 bits per heavy atom. The van der Waals surface area contributed by atoms with E-state index in [1.807, 2.05) is 14.0 Å². The third-order valence-corrected chi connectivity index (χ3v) is 3.96. The fourth-order valence-corrected chi connectivity index (χ4v) is 2.92. The van der Waals surface area contributed by atoms with Crippen molar-refractivity contribution in [1.82, 2.24) is 14.7 Å². The van der Waals surface area contributed by atoms with Crippen LogP contribution in [0.25, 0.3) is 0 Å². The van der Waals surface area contributed by atoms with Gasteiger partial charge in [0.1, 0.15) is 0 Å². The van der Waals surface area contributed by atoms with Crippen LogP contribution in [0.4, 0.5) is 0 Å². The van der Waals surface area contributed by atoms with Crippen molar-refractivity contribution in [3.05, 3.63) is 11.3 Å². The molecule has 0 amide bonds. The van der Waals surface area contributed by atoms with Gasteiger partial charge in [0, 0.05) is 19.6 Å². The molecular formula is C15H30N4O. The summed E-state index contributed by atoms with van der Waals surface area (Å²) in [6.07, 6.45) is 1.15. The van der Waals surface area contributed by atoms with E-state index in [9.17, 15) is 0 Å². The Labute approximate surface area is 123 Å². The molecule has 0 saturated heterocycles. The number of hydrogen-bond donors (Lipinski definition) is 1. The number of likely N-dealkylation sites (N-methyl/N-ethyl adjacent to an activating group) is 1. The van der Waals surface area contributed by atoms with Gasteiger partial charge in [-0.3, -0.25) is 4.90 Å². The highest BCUT2D eigenvalue weighted by molar-refractivity contribution is 5.34. The molecule has 0 saturated carbocycles. The fraction of sp³-hybridized carbons (Fsp3) is 0.800. The van der Waals surface area contributed by atoms with Crippen molar-refractivity contribution in [3.8, 4) is 5.88 Å². The molecule has 0 aliphatic carbocycles. The van der Waals surface area contributed by atoms with Gasteiger partial charge in [-0.15, -0.1) is 0 Å². The zero-order valence-electron chi connectivity index (χ0n) is 14.0. The van der Waals surface area contributed by atoms with Gasteiger partial charge in [-0.25, -0.2) is 4.68 Å². The number of hydrogen-bond acceptors (Lipinski definition) is 4. The van der Waals surface area contributed by atoms with Crippen LogP contribution in [-0.4, -0.2) is 41.4 Å². The summed E-state index contributed by atoms with van der Waals surface area (Å²) in [5.41, 5.74) is 8.14. The molecule has 20 heavy (non-hydrogen) atoms. The quantitative estimate of drug-likeness (QED) is 0.832. The van der Waals surface area contributed by atoms with Crippen LogP contribution >= 0.6 is 0 Å². The maximum Gasteiger partial charge on any atom is 0.216 e. The maximum absolute atomic E-state index is 6.04. The Morgan fingerprint density at radius 2 is 1.95 bits per heavy atom. The van der Waals surface area contributed by atoms with Crippen LogP contribution in [0.2, 0.25) is 0 Å². The first kappa shape index (κ1) is 17.0. The molecule has 1 heterocycles. The minimum atomic E-state index is 0.132. The summed E-state index contributed by atoms with van der Waals surface area (Å²) in [6, 6.07) is 0.597. The topological polar surface area (TPSA) is 56.3 Å². The van der Waals surface area contributed by atoms with Crippen LogP contribution in [0.5, 0.6) is 5.88 Å². The highest BCUT2D eigenvalue weighted by Crippen LogP contribution is 2.32. The summed E-state index contributed by atoms with van der Waals surface area (Å²) in [5, 5.41) is 4.46. The Morgan fingerprint density at radius 1 is 1.35 bits per heavy atom. The summed E-state index contributed by atoms with van der Waals surface area (Å²) in [6.45, 7) is 9.32. The molecule has 5 nitrogen and oxygen atoms in total. The lowest BCUT2D eigenvalue weighted by molar-refractivity contribution is 0.165. The molecule has 0 aromatic carbocycles. The fourth-order valence-electron chi connectivity index (χ4n) is 2.92. The molecule has 0 aliphatic heterocycles. The standard InChI is InChI=1S/C15H30N4O/c1-10(2)8-11(3)18(5)13(9-16)14-12(4)17-19(6)15(14)20-7/h10-11,13H,8-9,16H2,1-7H3. The highest BCUT2D eigenvalue weighted by Gasteiger charge is 2.28. The average Bonchev–Trinajstić information content (AvgIpc) is 2.64. The Kier molecular flexibility index (Phi) is 6.02. The molecule has 116 valence electrons. The number of aromatic nitrogens is 2. The van der Waals surface area contributed by atoms with E-state index in [4.69, 9.17) is 10.5 Å². The molecule has 0 spiro atoms. The van der Waals surface area contributed by atoms with E-state index < -0.39 is 0 Å². The van der Waals surface area contributed by atoms with Crippen LogP contribution in [0.1, 0.15) is 44.5 Å². The third kappa shape index (κ3) is 3.52. The van der Waals surface area contributed by atoms with E-state index in [2.05, 4.69) is 37.8 Å². The van der Waals surface area contributed by atoms with E-state index in [-0.39, 0.29) is 6.04 Å². The largest absolute Gasteiger partial charge is 0.481 e. The SMILES string of the molecule is COc1c(C(CN)N(C)C(C)CC(C)C)c(C)nn1C. The van der Waals surface area contributed by atoms with Crippen LogP contribution in [0.3, 0.4) is 0 Å². The monoisotopic (exact) mass is 282 g/mol. The normalized spacial score (nSPS) is 14.9. The number of methoxy groups -OCH3 is 1. The molecule has 1 rings (SSSR count). The lowest BCUT2D eigenvalue weighted by atomic mass is 9.99. The molecule has 2 unspecified atom stereocenters. The van der Waals surface area contributed by atoms with E-state index in [1.54, 1.807) is 11.8 Å². The average molecular weight is 282 g/mol. The first-order chi connectivity index (χ1) is 9.33. The summed E-state index contributed by atoms with van der Waals surface area (Å²) < 4.78 is 7.29. The van der Waals surface area contributed by atoms with Crippen LogP contribution in [0.15, 0.2) is 0 Å². The minimum Gasteiger partial charge on any atom is -0.481 e. The molecule has 0 bridgehead atoms. The number of rotatable bonds is 7. The first-order valence-corrected chi connectivity index (χ1v) is 7.32. The molecule has 0 aliphatic rings. The molecule has 0 fully saturated rings. The van der Waals surface area contributed by atoms with E-state index in [0.717, 1.165) is 23.6 Å². The molecule has 0 radical (unpaired) electrons. The second-order valence-corrected chi connectivity index (χ2v) is 6.03. The van der Waals surface area contributed by atoms with Crippen molar-refractivity contribution in [2.75, 3.05) is 20.7 Å². The first-order valence-electron chi connectivity index (χ1n) is 7.32. The van der Waals surface area contributed by atoms with Gasteiger partial charge in [-0.05, 0) is 33.2 Å². The highest BCUT2D eigenvalue weighted by atomic mass is 16.5. The summed E-state index contributed by atoms with van der Waals surface area (Å²) in [4.78, 5) is 2.34. The Hall–Kier alpha value is -1.07. The number of nitrogens with zero attached hydrogens (tertiary/aromatic N) is 3. The minimum absolute atomic E-state index is 0.132. The number of ether oxygens (including phenoxy) is 1. The molecule has 2 atom stereocenters. The molecular weight excluding hydrogens is 252 g/mol. The predicted molar refractivity (Wildman–Crippen MR) is 83.0 cm³/mol. The van der Waals surface area contributed by atoms with Crippen LogP contribution < -0.4 is 10.5 Å². The van der Waals surface area contributed by atoms with Gasteiger partial charge in [-0.1, -0.05) is 13.8 Å². The molecule has 2 N–H and O–H groups in total. The van der Waals surface area contributed by atoms with Gasteiger partial charge >= 0.3 is 0 Å². The van der Waals surface area contributed by atoms with E-state index >= 15 is 0 Å². The van der Waals surface area contributed by atoms with Crippen molar-refractivity contribution < 1.29 is 4.74 Å². The van der Waals surface area contributed by atoms with Gasteiger partial charge in [0.15, 0.2) is 0 Å². The van der Waals surface area contributed by atoms with Crippen molar-refractivity contribution in [2.24, 2.45) is 18.7 Å². The number of nitrogens with two attached hydrogens (primary N) is 1. The van der Waals surface area contributed by atoms with Gasteiger partial charge in [0.25, 0.3) is 0 Å². The van der Waals surface area contributed by atoms with Gasteiger partial charge in [0.05, 0.1) is 24.4 Å². The van der Waals surface area contributed by atoms with Gasteiger partial charge < -0.3 is 10.5 Å². The summed E-state index contributed by atoms with van der Waals surface area (Å²) >= 11 is 0. The van der Waals surface area contributed by atoms with E-state index in [1.165, 1.54) is 0 Å². The second-order valence-electron chi connectivity index (χ2n) is 6.03. The van der Waals surface area contributed by atoms with Crippen LogP contribution in [0, 0.1) is 12.8 Å². The molecule has 1 aromatic rings. The third-order valence-electron chi connectivity index (χ3n) is 3.96. The van der Waals surface area contributed by atoms with Crippen molar-refractivity contribution in [3.63, 3.8) is 0 Å². The zero-order valence-corrected chi connectivity index (χ0v) is 14.0. The molecule has 5 heteroatoms. The predicted octanol–water partition coefficient (Wildman–Crippen LogP) is 2.10. The van der Waals surface area contributed by atoms with Crippen LogP contribution in [-0.2, 0) is 7.05 Å². The van der Waals surface area contributed by atoms with Crippen molar-refractivity contribution in [1.29, 1.82) is 0 Å². The van der Waals surface area contributed by atoms with Crippen molar-refractivity contribution in [2.45, 2.75) is 46.2 Å². The smallest absolute Gasteiger partial charge is 0.216 e. The van der Waals surface area contributed by atoms with Crippen molar-refractivity contribution >= 4 is 0 Å². The van der Waals surface area contributed by atoms with Gasteiger partial charge in [0.2, 0.25) is 5.88 Å².